The van der Waals surface area contributed by atoms with Crippen LogP contribution in [0.4, 0.5) is 17.2 Å². The van der Waals surface area contributed by atoms with E-state index in [4.69, 9.17) is 0 Å². The zero-order chi connectivity index (χ0) is 15.4. The lowest BCUT2D eigenvalue weighted by Crippen LogP contribution is -2.12. The van der Waals surface area contributed by atoms with Crippen LogP contribution >= 0.6 is 12.6 Å². The van der Waals surface area contributed by atoms with Gasteiger partial charge in [0.25, 0.3) is 0 Å². The molecule has 0 atom stereocenters. The first kappa shape index (κ1) is 14.3. The largest absolute Gasteiger partial charge is 0.340 e. The molecule has 5 nitrogen and oxygen atoms in total. The molecule has 22 heavy (non-hydrogen) atoms. The van der Waals surface area contributed by atoms with E-state index in [9.17, 15) is 4.79 Å². The molecular formula is C16H14N4OS. The smallest absolute Gasteiger partial charge is 0.234 e. The molecule has 0 saturated carbocycles. The second-order valence-corrected chi connectivity index (χ2v) is 4.97. The van der Waals surface area contributed by atoms with Gasteiger partial charge in [0.15, 0.2) is 0 Å². The van der Waals surface area contributed by atoms with Gasteiger partial charge in [0.2, 0.25) is 5.91 Å². The Morgan fingerprint density at radius 3 is 2.64 bits per heavy atom. The third-order valence-corrected chi connectivity index (χ3v) is 3.39. The van der Waals surface area contributed by atoms with Gasteiger partial charge in [0.05, 0.1) is 11.3 Å². The first-order valence-corrected chi connectivity index (χ1v) is 7.37. The minimum atomic E-state index is -0.153. The van der Waals surface area contributed by atoms with Gasteiger partial charge in [-0.25, -0.2) is 9.97 Å². The van der Waals surface area contributed by atoms with Crippen molar-refractivity contribution in [1.29, 1.82) is 0 Å². The van der Waals surface area contributed by atoms with Crippen LogP contribution in [0.3, 0.4) is 0 Å². The van der Waals surface area contributed by atoms with Gasteiger partial charge in [-0.1, -0.05) is 18.2 Å². The molecule has 6 heteroatoms. The van der Waals surface area contributed by atoms with E-state index >= 15 is 0 Å². The topological polar surface area (TPSA) is 66.9 Å². The van der Waals surface area contributed by atoms with Crippen LogP contribution in [0.5, 0.6) is 0 Å². The van der Waals surface area contributed by atoms with Crippen LogP contribution in [-0.4, -0.2) is 21.6 Å². The number of benzene rings is 2. The fourth-order valence-corrected chi connectivity index (χ4v) is 2.17. The van der Waals surface area contributed by atoms with E-state index in [1.807, 2.05) is 48.5 Å². The number of nitrogens with zero attached hydrogens (tertiary/aromatic N) is 2. The molecule has 3 rings (SSSR count). The van der Waals surface area contributed by atoms with Gasteiger partial charge >= 0.3 is 0 Å². The Kier molecular flexibility index (Phi) is 4.20. The normalized spacial score (nSPS) is 10.4. The summed E-state index contributed by atoms with van der Waals surface area (Å²) >= 11 is 3.94. The van der Waals surface area contributed by atoms with Crippen molar-refractivity contribution >= 4 is 46.6 Å². The fourth-order valence-electron chi connectivity index (χ4n) is 2.09. The predicted octanol–water partition coefficient (Wildman–Crippen LogP) is 3.24. The molecule has 1 heterocycles. The highest BCUT2D eigenvalue weighted by Crippen LogP contribution is 2.25. The lowest BCUT2D eigenvalue weighted by molar-refractivity contribution is -0.113. The molecule has 0 saturated heterocycles. The van der Waals surface area contributed by atoms with Gasteiger partial charge in [-0.15, -0.1) is 0 Å². The highest BCUT2D eigenvalue weighted by Gasteiger charge is 2.06. The van der Waals surface area contributed by atoms with Gasteiger partial charge in [-0.2, -0.15) is 12.6 Å². The summed E-state index contributed by atoms with van der Waals surface area (Å²) in [6.07, 6.45) is 1.50. The Morgan fingerprint density at radius 2 is 1.86 bits per heavy atom. The standard InChI is InChI=1S/C16H14N4OS/c21-15(9-22)19-12-6-7-13-14(8-12)17-10-18-16(13)20-11-4-2-1-3-5-11/h1-8,10,22H,9H2,(H,19,21)(H,17,18,20). The van der Waals surface area contributed by atoms with Crippen molar-refractivity contribution in [2.24, 2.45) is 0 Å². The minimum Gasteiger partial charge on any atom is -0.340 e. The fraction of sp³-hybridized carbons (Fsp3) is 0.0625. The third kappa shape index (κ3) is 3.17. The highest BCUT2D eigenvalue weighted by atomic mass is 32.1. The monoisotopic (exact) mass is 310 g/mol. The zero-order valence-electron chi connectivity index (χ0n) is 11.7. The van der Waals surface area contributed by atoms with E-state index in [1.165, 1.54) is 6.33 Å². The van der Waals surface area contributed by atoms with E-state index in [2.05, 4.69) is 33.2 Å². The second kappa shape index (κ2) is 6.44. The van der Waals surface area contributed by atoms with E-state index in [0.717, 1.165) is 22.4 Å². The molecule has 0 spiro atoms. The van der Waals surface area contributed by atoms with Gasteiger partial charge in [-0.05, 0) is 30.3 Å². The average molecular weight is 310 g/mol. The van der Waals surface area contributed by atoms with Crippen molar-refractivity contribution in [3.63, 3.8) is 0 Å². The Morgan fingerprint density at radius 1 is 1.05 bits per heavy atom. The number of amides is 1. The Hall–Kier alpha value is -2.60. The molecule has 2 N–H and O–H groups in total. The molecule has 2 aromatic carbocycles. The van der Waals surface area contributed by atoms with E-state index < -0.39 is 0 Å². The molecule has 0 bridgehead atoms. The molecule has 0 aliphatic rings. The van der Waals surface area contributed by atoms with Crippen LogP contribution in [0.1, 0.15) is 0 Å². The van der Waals surface area contributed by atoms with Crippen molar-refractivity contribution < 1.29 is 4.79 Å². The molecule has 0 aliphatic heterocycles. The predicted molar refractivity (Wildman–Crippen MR) is 91.7 cm³/mol. The molecule has 0 fully saturated rings. The summed E-state index contributed by atoms with van der Waals surface area (Å²) in [7, 11) is 0. The second-order valence-electron chi connectivity index (χ2n) is 4.65. The van der Waals surface area contributed by atoms with Gasteiger partial charge < -0.3 is 10.6 Å². The summed E-state index contributed by atoms with van der Waals surface area (Å²) < 4.78 is 0. The molecular weight excluding hydrogens is 296 g/mol. The van der Waals surface area contributed by atoms with Crippen molar-refractivity contribution in [3.8, 4) is 0 Å². The summed E-state index contributed by atoms with van der Waals surface area (Å²) in [5.74, 6) is 0.713. The van der Waals surface area contributed by atoms with Crippen LogP contribution < -0.4 is 10.6 Å². The highest BCUT2D eigenvalue weighted by molar-refractivity contribution is 7.81. The van der Waals surface area contributed by atoms with E-state index in [-0.39, 0.29) is 11.7 Å². The molecule has 0 unspecified atom stereocenters. The van der Waals surface area contributed by atoms with Crippen LogP contribution in [-0.2, 0) is 4.79 Å². The Bertz CT molecular complexity index is 808. The number of thiol groups is 1. The van der Waals surface area contributed by atoms with Crippen molar-refractivity contribution in [1.82, 2.24) is 9.97 Å². The SMILES string of the molecule is O=C(CS)Nc1ccc2c(Nc3ccccc3)ncnc2c1. The quantitative estimate of drug-likeness (QED) is 0.647. The van der Waals surface area contributed by atoms with Gasteiger partial charge in [-0.3, -0.25) is 4.79 Å². The first-order chi connectivity index (χ1) is 10.8. The summed E-state index contributed by atoms with van der Waals surface area (Å²) in [5, 5.41) is 6.91. The van der Waals surface area contributed by atoms with Crippen molar-refractivity contribution in [2.45, 2.75) is 0 Å². The van der Waals surface area contributed by atoms with Crippen LogP contribution in [0.15, 0.2) is 54.9 Å². The number of rotatable bonds is 4. The number of para-hydroxylation sites is 1. The molecule has 110 valence electrons. The van der Waals surface area contributed by atoms with E-state index in [1.54, 1.807) is 0 Å². The van der Waals surface area contributed by atoms with Gasteiger partial charge in [0, 0.05) is 16.8 Å². The number of fused-ring (bicyclic) bond motifs is 1. The minimum absolute atomic E-state index is 0.141. The maximum absolute atomic E-state index is 11.4. The Labute approximate surface area is 133 Å². The van der Waals surface area contributed by atoms with Crippen molar-refractivity contribution in [3.05, 3.63) is 54.9 Å². The number of hydrogen-bond acceptors (Lipinski definition) is 5. The number of aromatic nitrogens is 2. The maximum atomic E-state index is 11.4. The first-order valence-electron chi connectivity index (χ1n) is 6.74. The maximum Gasteiger partial charge on any atom is 0.234 e. The van der Waals surface area contributed by atoms with E-state index in [0.29, 0.717) is 5.69 Å². The number of carbonyl (C=O) groups is 1. The number of nitrogens with one attached hydrogen (secondary N) is 2. The number of hydrogen-bond donors (Lipinski definition) is 3. The van der Waals surface area contributed by atoms with Crippen molar-refractivity contribution in [2.75, 3.05) is 16.4 Å². The molecule has 0 aliphatic carbocycles. The summed E-state index contributed by atoms with van der Waals surface area (Å²) in [6, 6.07) is 15.3. The molecule has 1 aromatic heterocycles. The zero-order valence-corrected chi connectivity index (χ0v) is 12.5. The molecule has 3 aromatic rings. The van der Waals surface area contributed by atoms with Crippen LogP contribution in [0.25, 0.3) is 10.9 Å². The number of anilines is 3. The van der Waals surface area contributed by atoms with Crippen LogP contribution in [0.2, 0.25) is 0 Å². The Balaban J connectivity index is 1.94. The lowest BCUT2D eigenvalue weighted by Gasteiger charge is -2.09. The summed E-state index contributed by atoms with van der Waals surface area (Å²) in [6.45, 7) is 0. The molecule has 0 radical (unpaired) electrons. The average Bonchev–Trinajstić information content (AvgIpc) is 2.56. The van der Waals surface area contributed by atoms with Gasteiger partial charge in [0.1, 0.15) is 12.1 Å². The summed E-state index contributed by atoms with van der Waals surface area (Å²) in [5.41, 5.74) is 2.40. The third-order valence-electron chi connectivity index (χ3n) is 3.10. The number of carbonyl (C=O) groups excluding carboxylic acids is 1. The lowest BCUT2D eigenvalue weighted by atomic mass is 10.2. The molecule has 1 amide bonds. The summed E-state index contributed by atoms with van der Waals surface area (Å²) in [4.78, 5) is 19.9. The van der Waals surface area contributed by atoms with Crippen LogP contribution in [0, 0.1) is 0 Å².